The Labute approximate surface area is 97.0 Å². The van der Waals surface area contributed by atoms with Gasteiger partial charge in [0.25, 0.3) is 0 Å². The van der Waals surface area contributed by atoms with Crippen LogP contribution in [-0.2, 0) is 11.3 Å². The monoisotopic (exact) mass is 275 g/mol. The van der Waals surface area contributed by atoms with Crippen molar-refractivity contribution in [3.63, 3.8) is 0 Å². The van der Waals surface area contributed by atoms with E-state index in [0.717, 1.165) is 39.3 Å². The van der Waals surface area contributed by atoms with E-state index in [1.54, 1.807) is 0 Å². The van der Waals surface area contributed by atoms with Crippen molar-refractivity contribution >= 4 is 27.3 Å². The quantitative estimate of drug-likeness (QED) is 0.823. The molecule has 0 amide bonds. The molecule has 0 spiro atoms. The van der Waals surface area contributed by atoms with E-state index in [-0.39, 0.29) is 0 Å². The summed E-state index contributed by atoms with van der Waals surface area (Å²) < 4.78 is 6.62. The minimum absolute atomic E-state index is 0.881. The van der Waals surface area contributed by atoms with Gasteiger partial charge in [-0.3, -0.25) is 4.90 Å². The number of thiophene rings is 1. The van der Waals surface area contributed by atoms with Gasteiger partial charge in [-0.05, 0) is 28.4 Å². The number of halogens is 1. The summed E-state index contributed by atoms with van der Waals surface area (Å²) in [6.07, 6.45) is 1.16. The molecule has 0 aromatic carbocycles. The normalized spacial score (nSPS) is 19.5. The topological polar surface area (TPSA) is 12.5 Å². The number of hydrogen-bond donors (Lipinski definition) is 0. The van der Waals surface area contributed by atoms with Crippen molar-refractivity contribution < 1.29 is 4.74 Å². The fraction of sp³-hybridized carbons (Fsp3) is 0.600. The maximum absolute atomic E-state index is 5.42. The van der Waals surface area contributed by atoms with Gasteiger partial charge < -0.3 is 4.74 Å². The fourth-order valence-corrected chi connectivity index (χ4v) is 3.11. The lowest BCUT2D eigenvalue weighted by Crippen LogP contribution is -2.25. The fourth-order valence-electron chi connectivity index (χ4n) is 1.61. The molecule has 0 N–H and O–H groups in total. The molecular formula is C10H14BrNOS. The van der Waals surface area contributed by atoms with E-state index in [2.05, 4.69) is 32.3 Å². The van der Waals surface area contributed by atoms with E-state index in [1.165, 1.54) is 9.35 Å². The van der Waals surface area contributed by atoms with Crippen LogP contribution in [0.25, 0.3) is 0 Å². The third-order valence-electron chi connectivity index (χ3n) is 2.32. The summed E-state index contributed by atoms with van der Waals surface area (Å²) in [5.41, 5.74) is 0. The molecule has 2 nitrogen and oxygen atoms in total. The molecule has 1 aromatic rings. The first-order chi connectivity index (χ1) is 6.84. The Bertz CT molecular complexity index is 281. The molecule has 2 heterocycles. The highest BCUT2D eigenvalue weighted by Gasteiger charge is 2.10. The van der Waals surface area contributed by atoms with Crippen molar-refractivity contribution in [1.29, 1.82) is 0 Å². The van der Waals surface area contributed by atoms with Crippen LogP contribution in [-0.4, -0.2) is 31.2 Å². The Morgan fingerprint density at radius 3 is 3.14 bits per heavy atom. The van der Waals surface area contributed by atoms with Gasteiger partial charge in [0.05, 0.1) is 6.61 Å². The highest BCUT2D eigenvalue weighted by Crippen LogP contribution is 2.21. The van der Waals surface area contributed by atoms with Gasteiger partial charge >= 0.3 is 0 Å². The second kappa shape index (κ2) is 5.26. The minimum atomic E-state index is 0.881. The molecule has 0 unspecified atom stereocenters. The summed E-state index contributed by atoms with van der Waals surface area (Å²) in [7, 11) is 0. The van der Waals surface area contributed by atoms with Gasteiger partial charge in [-0.1, -0.05) is 0 Å². The molecule has 2 rings (SSSR count). The van der Waals surface area contributed by atoms with Crippen molar-refractivity contribution in [2.45, 2.75) is 13.0 Å². The first-order valence-corrected chi connectivity index (χ1v) is 6.55. The molecule has 1 aliphatic heterocycles. The Morgan fingerprint density at radius 1 is 1.43 bits per heavy atom. The lowest BCUT2D eigenvalue weighted by atomic mass is 10.3. The van der Waals surface area contributed by atoms with Crippen LogP contribution >= 0.6 is 27.3 Å². The minimum Gasteiger partial charge on any atom is -0.380 e. The van der Waals surface area contributed by atoms with Crippen LogP contribution in [0, 0.1) is 0 Å². The molecule has 1 fully saturated rings. The average Bonchev–Trinajstić information content (AvgIpc) is 2.43. The largest absolute Gasteiger partial charge is 0.380 e. The van der Waals surface area contributed by atoms with Gasteiger partial charge in [0, 0.05) is 41.0 Å². The van der Waals surface area contributed by atoms with Crippen LogP contribution in [0.1, 0.15) is 11.3 Å². The molecule has 0 aliphatic carbocycles. The van der Waals surface area contributed by atoms with Crippen molar-refractivity contribution in [3.05, 3.63) is 20.8 Å². The summed E-state index contributed by atoms with van der Waals surface area (Å²) in [5.74, 6) is 0. The Morgan fingerprint density at radius 2 is 2.36 bits per heavy atom. The summed E-state index contributed by atoms with van der Waals surface area (Å²) in [6, 6.07) is 2.20. The summed E-state index contributed by atoms with van der Waals surface area (Å²) >= 11 is 5.30. The Kier molecular flexibility index (Phi) is 3.99. The predicted octanol–water partition coefficient (Wildman–Crippen LogP) is 2.73. The molecule has 14 heavy (non-hydrogen) atoms. The third kappa shape index (κ3) is 3.05. The maximum atomic E-state index is 5.42. The zero-order valence-electron chi connectivity index (χ0n) is 8.04. The van der Waals surface area contributed by atoms with Gasteiger partial charge in [-0.2, -0.15) is 0 Å². The Balaban J connectivity index is 1.89. The molecule has 1 aromatic heterocycles. The summed E-state index contributed by atoms with van der Waals surface area (Å²) in [5, 5.41) is 2.14. The molecule has 1 aliphatic rings. The zero-order chi connectivity index (χ0) is 9.80. The molecule has 0 saturated carbocycles. The SMILES string of the molecule is Brc1csc(CN2CCCOCC2)c1. The van der Waals surface area contributed by atoms with E-state index in [0.29, 0.717) is 0 Å². The van der Waals surface area contributed by atoms with Crippen LogP contribution in [0.5, 0.6) is 0 Å². The van der Waals surface area contributed by atoms with E-state index in [4.69, 9.17) is 4.74 Å². The number of ether oxygens (including phenoxy) is 1. The molecule has 0 atom stereocenters. The van der Waals surface area contributed by atoms with Crippen molar-refractivity contribution in [3.8, 4) is 0 Å². The van der Waals surface area contributed by atoms with Gasteiger partial charge in [0.2, 0.25) is 0 Å². The van der Waals surface area contributed by atoms with E-state index in [1.807, 2.05) is 11.3 Å². The number of nitrogens with zero attached hydrogens (tertiary/aromatic N) is 1. The van der Waals surface area contributed by atoms with E-state index >= 15 is 0 Å². The second-order valence-corrected chi connectivity index (χ2v) is 5.38. The molecular weight excluding hydrogens is 262 g/mol. The first-order valence-electron chi connectivity index (χ1n) is 4.87. The van der Waals surface area contributed by atoms with Crippen LogP contribution in [0.2, 0.25) is 0 Å². The van der Waals surface area contributed by atoms with Gasteiger partial charge in [-0.15, -0.1) is 11.3 Å². The smallest absolute Gasteiger partial charge is 0.0593 e. The maximum Gasteiger partial charge on any atom is 0.0593 e. The molecule has 78 valence electrons. The first kappa shape index (κ1) is 10.6. The number of hydrogen-bond acceptors (Lipinski definition) is 3. The predicted molar refractivity (Wildman–Crippen MR) is 62.7 cm³/mol. The van der Waals surface area contributed by atoms with Crippen LogP contribution < -0.4 is 0 Å². The lowest BCUT2D eigenvalue weighted by molar-refractivity contribution is 0.140. The van der Waals surface area contributed by atoms with Crippen molar-refractivity contribution in [2.24, 2.45) is 0 Å². The van der Waals surface area contributed by atoms with E-state index in [9.17, 15) is 0 Å². The molecule has 1 saturated heterocycles. The lowest BCUT2D eigenvalue weighted by Gasteiger charge is -2.17. The Hall–Kier alpha value is 0.1000. The van der Waals surface area contributed by atoms with Crippen molar-refractivity contribution in [2.75, 3.05) is 26.3 Å². The highest BCUT2D eigenvalue weighted by atomic mass is 79.9. The molecule has 0 bridgehead atoms. The van der Waals surface area contributed by atoms with Gasteiger partial charge in [-0.25, -0.2) is 0 Å². The van der Waals surface area contributed by atoms with Crippen molar-refractivity contribution in [1.82, 2.24) is 4.90 Å². The standard InChI is InChI=1S/C10H14BrNOS/c11-9-6-10(14-8-9)7-12-2-1-4-13-5-3-12/h6,8H,1-5,7H2. The molecule has 0 radical (unpaired) electrons. The van der Waals surface area contributed by atoms with E-state index < -0.39 is 0 Å². The van der Waals surface area contributed by atoms with Gasteiger partial charge in [0.15, 0.2) is 0 Å². The van der Waals surface area contributed by atoms with Crippen LogP contribution in [0.15, 0.2) is 15.9 Å². The highest BCUT2D eigenvalue weighted by molar-refractivity contribution is 9.10. The number of rotatable bonds is 2. The molecule has 4 heteroatoms. The summed E-state index contributed by atoms with van der Waals surface area (Å²) in [6.45, 7) is 5.10. The third-order valence-corrected chi connectivity index (χ3v) is 4.00. The van der Waals surface area contributed by atoms with Gasteiger partial charge in [0.1, 0.15) is 0 Å². The second-order valence-electron chi connectivity index (χ2n) is 3.47. The average molecular weight is 276 g/mol. The van der Waals surface area contributed by atoms with Crippen LogP contribution in [0.3, 0.4) is 0 Å². The van der Waals surface area contributed by atoms with Crippen LogP contribution in [0.4, 0.5) is 0 Å². The summed E-state index contributed by atoms with van der Waals surface area (Å²) in [4.78, 5) is 3.89. The zero-order valence-corrected chi connectivity index (χ0v) is 10.4.